The Morgan fingerprint density at radius 1 is 1.41 bits per heavy atom. The van der Waals surface area contributed by atoms with Crippen molar-refractivity contribution in [3.63, 3.8) is 0 Å². The van der Waals surface area contributed by atoms with Crippen molar-refractivity contribution < 1.29 is 20.1 Å². The standard InChI is InChI=1S/C13H15N5O4/c1-2-13(5-19)8(21)7(20)11(22-13)18-4-3-6-9(14)16-12(15)17-10(6)18/h1,3-4,7-8,11,19-21H,5H2,(H4,14,15,16,17)/t7?,8?,11-,13-/m1/s1. The van der Waals surface area contributed by atoms with Crippen LogP contribution in [0.3, 0.4) is 0 Å². The number of nitrogens with two attached hydrogens (primary N) is 2. The maximum absolute atomic E-state index is 10.2. The molecule has 1 aliphatic heterocycles. The van der Waals surface area contributed by atoms with Crippen LogP contribution in [-0.4, -0.2) is 54.3 Å². The molecule has 0 amide bonds. The number of ether oxygens (including phenoxy) is 1. The van der Waals surface area contributed by atoms with Crippen LogP contribution in [0.1, 0.15) is 6.23 Å². The van der Waals surface area contributed by atoms with E-state index in [0.29, 0.717) is 11.0 Å². The maximum Gasteiger partial charge on any atom is 0.223 e. The second kappa shape index (κ2) is 4.82. The normalized spacial score (nSPS) is 31.5. The fourth-order valence-corrected chi connectivity index (χ4v) is 2.58. The van der Waals surface area contributed by atoms with Gasteiger partial charge in [0.2, 0.25) is 5.95 Å². The van der Waals surface area contributed by atoms with Gasteiger partial charge in [-0.2, -0.15) is 9.97 Å². The van der Waals surface area contributed by atoms with Gasteiger partial charge in [0, 0.05) is 6.20 Å². The third kappa shape index (κ3) is 1.83. The summed E-state index contributed by atoms with van der Waals surface area (Å²) in [6, 6.07) is 1.63. The lowest BCUT2D eigenvalue weighted by Gasteiger charge is -2.23. The summed E-state index contributed by atoms with van der Waals surface area (Å²) in [5.41, 5.74) is 9.98. The topological polar surface area (TPSA) is 153 Å². The van der Waals surface area contributed by atoms with Crippen LogP contribution in [0.4, 0.5) is 11.8 Å². The zero-order chi connectivity index (χ0) is 16.1. The Kier molecular flexibility index (Phi) is 3.19. The minimum atomic E-state index is -1.69. The van der Waals surface area contributed by atoms with E-state index in [9.17, 15) is 15.3 Å². The van der Waals surface area contributed by atoms with Gasteiger partial charge in [0.25, 0.3) is 0 Å². The average molecular weight is 305 g/mol. The number of aromatic nitrogens is 3. The Morgan fingerprint density at radius 3 is 2.73 bits per heavy atom. The van der Waals surface area contributed by atoms with E-state index in [1.54, 1.807) is 12.3 Å². The van der Waals surface area contributed by atoms with Crippen LogP contribution in [0.15, 0.2) is 12.3 Å². The molecule has 0 radical (unpaired) electrons. The van der Waals surface area contributed by atoms with Crippen LogP contribution in [0.5, 0.6) is 0 Å². The van der Waals surface area contributed by atoms with Crippen LogP contribution in [0, 0.1) is 12.3 Å². The number of hydrogen-bond acceptors (Lipinski definition) is 8. The molecule has 0 aliphatic carbocycles. The summed E-state index contributed by atoms with van der Waals surface area (Å²) in [6.07, 6.45) is 3.01. The van der Waals surface area contributed by atoms with Gasteiger partial charge < -0.3 is 36.1 Å². The fraction of sp³-hybridized carbons (Fsp3) is 0.385. The van der Waals surface area contributed by atoms with E-state index in [1.807, 2.05) is 0 Å². The van der Waals surface area contributed by atoms with Crippen LogP contribution in [0.2, 0.25) is 0 Å². The van der Waals surface area contributed by atoms with Gasteiger partial charge in [-0.1, -0.05) is 5.92 Å². The SMILES string of the molecule is C#C[C@]1(CO)O[C@@H](n2ccc3c(N)nc(N)nc32)C(O)C1O. The Hall–Kier alpha value is -2.38. The van der Waals surface area contributed by atoms with Gasteiger partial charge in [0.15, 0.2) is 11.8 Å². The van der Waals surface area contributed by atoms with Crippen molar-refractivity contribution in [1.29, 1.82) is 0 Å². The Morgan fingerprint density at radius 2 is 2.14 bits per heavy atom. The van der Waals surface area contributed by atoms with E-state index < -0.39 is 30.6 Å². The number of nitrogen functional groups attached to an aromatic ring is 2. The number of rotatable bonds is 2. The summed E-state index contributed by atoms with van der Waals surface area (Å²) in [5.74, 6) is 2.33. The van der Waals surface area contributed by atoms with E-state index in [1.165, 1.54) is 4.57 Å². The number of hydrogen-bond donors (Lipinski definition) is 5. The lowest BCUT2D eigenvalue weighted by Crippen LogP contribution is -2.44. The molecular weight excluding hydrogens is 290 g/mol. The first-order chi connectivity index (χ1) is 10.4. The summed E-state index contributed by atoms with van der Waals surface area (Å²) in [7, 11) is 0. The summed E-state index contributed by atoms with van der Waals surface area (Å²) in [4.78, 5) is 7.91. The molecular formula is C13H15N5O4. The molecule has 0 spiro atoms. The van der Waals surface area contributed by atoms with Crippen LogP contribution < -0.4 is 11.5 Å². The van der Waals surface area contributed by atoms with Gasteiger partial charge >= 0.3 is 0 Å². The van der Waals surface area contributed by atoms with Crippen molar-refractivity contribution in [3.05, 3.63) is 12.3 Å². The zero-order valence-corrected chi connectivity index (χ0v) is 11.4. The number of aliphatic hydroxyl groups excluding tert-OH is 3. The highest BCUT2D eigenvalue weighted by Gasteiger charge is 2.54. The number of anilines is 2. The molecule has 116 valence electrons. The van der Waals surface area contributed by atoms with Gasteiger partial charge in [0.1, 0.15) is 23.7 Å². The van der Waals surface area contributed by atoms with Gasteiger partial charge in [-0.15, -0.1) is 6.42 Å². The van der Waals surface area contributed by atoms with Crippen molar-refractivity contribution >= 4 is 22.8 Å². The quantitative estimate of drug-likeness (QED) is 0.408. The summed E-state index contributed by atoms with van der Waals surface area (Å²) in [5, 5.41) is 30.2. The minimum absolute atomic E-state index is 0.0386. The van der Waals surface area contributed by atoms with Gasteiger partial charge in [-0.25, -0.2) is 0 Å². The maximum atomic E-state index is 10.2. The molecule has 0 saturated carbocycles. The lowest BCUT2D eigenvalue weighted by molar-refractivity contribution is -0.0909. The molecule has 3 heterocycles. The molecule has 0 bridgehead atoms. The molecule has 1 aliphatic rings. The molecule has 0 aromatic carbocycles. The molecule has 3 rings (SSSR count). The zero-order valence-electron chi connectivity index (χ0n) is 11.4. The summed E-state index contributed by atoms with van der Waals surface area (Å²) < 4.78 is 6.98. The highest BCUT2D eigenvalue weighted by Crippen LogP contribution is 2.38. The third-order valence-electron chi connectivity index (χ3n) is 3.80. The number of fused-ring (bicyclic) bond motifs is 1. The first-order valence-corrected chi connectivity index (χ1v) is 6.45. The molecule has 2 aromatic heterocycles. The van der Waals surface area contributed by atoms with Crippen molar-refractivity contribution in [2.45, 2.75) is 24.0 Å². The highest BCUT2D eigenvalue weighted by atomic mass is 16.6. The summed E-state index contributed by atoms with van der Waals surface area (Å²) >= 11 is 0. The Balaban J connectivity index is 2.11. The van der Waals surface area contributed by atoms with E-state index in [2.05, 4.69) is 15.9 Å². The van der Waals surface area contributed by atoms with Crippen LogP contribution >= 0.6 is 0 Å². The van der Waals surface area contributed by atoms with Crippen LogP contribution in [-0.2, 0) is 4.74 Å². The molecule has 1 saturated heterocycles. The predicted octanol–water partition coefficient (Wildman–Crippen LogP) is -1.79. The van der Waals surface area contributed by atoms with Crippen molar-refractivity contribution in [1.82, 2.24) is 14.5 Å². The highest BCUT2D eigenvalue weighted by molar-refractivity contribution is 5.87. The van der Waals surface area contributed by atoms with E-state index in [4.69, 9.17) is 22.6 Å². The molecule has 7 N–H and O–H groups in total. The molecule has 9 nitrogen and oxygen atoms in total. The number of terminal acetylenes is 1. The van der Waals surface area contributed by atoms with E-state index in [0.717, 1.165) is 0 Å². The van der Waals surface area contributed by atoms with Crippen molar-refractivity contribution in [3.8, 4) is 12.3 Å². The van der Waals surface area contributed by atoms with E-state index in [-0.39, 0.29) is 11.8 Å². The predicted molar refractivity (Wildman–Crippen MR) is 77.1 cm³/mol. The lowest BCUT2D eigenvalue weighted by atomic mass is 9.97. The smallest absolute Gasteiger partial charge is 0.223 e. The van der Waals surface area contributed by atoms with E-state index >= 15 is 0 Å². The minimum Gasteiger partial charge on any atom is -0.392 e. The first kappa shape index (κ1) is 14.6. The monoisotopic (exact) mass is 305 g/mol. The molecule has 22 heavy (non-hydrogen) atoms. The van der Waals surface area contributed by atoms with Gasteiger partial charge in [0.05, 0.1) is 12.0 Å². The molecule has 2 aromatic rings. The molecule has 2 unspecified atom stereocenters. The first-order valence-electron chi connectivity index (χ1n) is 6.45. The number of nitrogens with zero attached hydrogens (tertiary/aromatic N) is 3. The second-order valence-electron chi connectivity index (χ2n) is 5.06. The third-order valence-corrected chi connectivity index (χ3v) is 3.80. The van der Waals surface area contributed by atoms with Crippen molar-refractivity contribution in [2.24, 2.45) is 0 Å². The largest absolute Gasteiger partial charge is 0.392 e. The molecule has 4 atom stereocenters. The fourth-order valence-electron chi connectivity index (χ4n) is 2.58. The Labute approximate surface area is 125 Å². The Bertz CT molecular complexity index is 770. The van der Waals surface area contributed by atoms with Crippen molar-refractivity contribution in [2.75, 3.05) is 18.1 Å². The van der Waals surface area contributed by atoms with Gasteiger partial charge in [-0.3, -0.25) is 0 Å². The molecule has 9 heteroatoms. The summed E-state index contributed by atoms with van der Waals surface area (Å²) in [6.45, 7) is -0.642. The second-order valence-corrected chi connectivity index (χ2v) is 5.06. The number of aliphatic hydroxyl groups is 3. The average Bonchev–Trinajstić information content (AvgIpc) is 3.01. The van der Waals surface area contributed by atoms with Gasteiger partial charge in [-0.05, 0) is 6.07 Å². The van der Waals surface area contributed by atoms with Crippen LogP contribution in [0.25, 0.3) is 11.0 Å². The molecule has 1 fully saturated rings.